The fourth-order valence-corrected chi connectivity index (χ4v) is 3.81. The van der Waals surface area contributed by atoms with Gasteiger partial charge in [0.15, 0.2) is 5.82 Å². The van der Waals surface area contributed by atoms with Gasteiger partial charge in [-0.15, -0.1) is 0 Å². The van der Waals surface area contributed by atoms with Crippen LogP contribution in [-0.4, -0.2) is 34.0 Å². The van der Waals surface area contributed by atoms with Gasteiger partial charge in [0, 0.05) is 30.3 Å². The van der Waals surface area contributed by atoms with Gasteiger partial charge >= 0.3 is 0 Å². The highest BCUT2D eigenvalue weighted by Crippen LogP contribution is 2.38. The van der Waals surface area contributed by atoms with Crippen LogP contribution in [0, 0.1) is 0 Å². The van der Waals surface area contributed by atoms with Gasteiger partial charge in [-0.3, -0.25) is 4.79 Å². The Bertz CT molecular complexity index is 772. The third-order valence-corrected chi connectivity index (χ3v) is 5.00. The molecule has 1 saturated heterocycles. The van der Waals surface area contributed by atoms with Crippen LogP contribution in [0.15, 0.2) is 58.1 Å². The van der Waals surface area contributed by atoms with Gasteiger partial charge in [0.05, 0.1) is 5.56 Å². The number of nitrogens with zero attached hydrogens (tertiary/aromatic N) is 3. The number of carbonyl (C=O) groups excluding carboxylic acids is 1. The first-order valence-corrected chi connectivity index (χ1v) is 8.40. The molecule has 6 heteroatoms. The first kappa shape index (κ1) is 14.1. The highest BCUT2D eigenvalue weighted by Gasteiger charge is 2.39. The van der Waals surface area contributed by atoms with Crippen molar-refractivity contribution in [2.75, 3.05) is 13.1 Å². The normalized spacial score (nSPS) is 20.8. The van der Waals surface area contributed by atoms with E-state index in [1.54, 1.807) is 0 Å². The van der Waals surface area contributed by atoms with Crippen LogP contribution in [-0.2, 0) is 0 Å². The molecule has 0 spiro atoms. The topological polar surface area (TPSA) is 59.2 Å². The van der Waals surface area contributed by atoms with Gasteiger partial charge in [-0.1, -0.05) is 35.5 Å². The van der Waals surface area contributed by atoms with E-state index in [-0.39, 0.29) is 17.7 Å². The monoisotopic (exact) mass is 325 g/mol. The third kappa shape index (κ3) is 2.66. The molecule has 2 aromatic heterocycles. The zero-order valence-electron chi connectivity index (χ0n) is 12.3. The Balaban J connectivity index is 1.65. The van der Waals surface area contributed by atoms with Crippen LogP contribution in [0.2, 0.25) is 0 Å². The lowest BCUT2D eigenvalue weighted by atomic mass is 9.88. The summed E-state index contributed by atoms with van der Waals surface area (Å²) >= 11 is 1.54. The van der Waals surface area contributed by atoms with E-state index in [0.29, 0.717) is 18.9 Å². The number of thiophene rings is 1. The van der Waals surface area contributed by atoms with Gasteiger partial charge in [-0.05, 0) is 17.0 Å². The number of rotatable bonds is 3. The molecule has 0 N–H and O–H groups in total. The maximum Gasteiger partial charge on any atom is 0.254 e. The van der Waals surface area contributed by atoms with E-state index in [1.807, 2.05) is 39.9 Å². The van der Waals surface area contributed by atoms with E-state index < -0.39 is 0 Å². The van der Waals surface area contributed by atoms with Crippen molar-refractivity contribution in [2.45, 2.75) is 11.8 Å². The van der Waals surface area contributed by atoms with Crippen molar-refractivity contribution in [3.05, 3.63) is 70.5 Å². The molecule has 1 amide bonds. The van der Waals surface area contributed by atoms with Crippen LogP contribution in [0.4, 0.5) is 0 Å². The molecule has 2 atom stereocenters. The van der Waals surface area contributed by atoms with Crippen molar-refractivity contribution in [1.82, 2.24) is 15.0 Å². The minimum absolute atomic E-state index is 0.0544. The Morgan fingerprint density at radius 1 is 1.17 bits per heavy atom. The quantitative estimate of drug-likeness (QED) is 0.742. The molecule has 5 nitrogen and oxygen atoms in total. The highest BCUT2D eigenvalue weighted by atomic mass is 32.1. The summed E-state index contributed by atoms with van der Waals surface area (Å²) in [6.45, 7) is 1.27. The van der Waals surface area contributed by atoms with Crippen LogP contribution in [0.5, 0.6) is 0 Å². The van der Waals surface area contributed by atoms with Crippen molar-refractivity contribution in [3.8, 4) is 0 Å². The molecular weight excluding hydrogens is 310 g/mol. The standard InChI is InChI=1S/C17H15N3O2S/c21-17(13-6-7-23-10-13)20-8-14(12-4-2-1-3-5-12)15(9-20)16-18-11-22-19-16/h1-7,10-11,14-15H,8-9H2/t14-,15-/m1/s1. The summed E-state index contributed by atoms with van der Waals surface area (Å²) in [5.74, 6) is 0.966. The van der Waals surface area contributed by atoms with Crippen LogP contribution in [0.1, 0.15) is 33.6 Å². The predicted molar refractivity (Wildman–Crippen MR) is 86.4 cm³/mol. The van der Waals surface area contributed by atoms with Gasteiger partial charge < -0.3 is 9.42 Å². The Morgan fingerprint density at radius 2 is 2.00 bits per heavy atom. The van der Waals surface area contributed by atoms with E-state index in [4.69, 9.17) is 4.52 Å². The van der Waals surface area contributed by atoms with E-state index in [9.17, 15) is 4.79 Å². The van der Waals surface area contributed by atoms with Gasteiger partial charge in [0.2, 0.25) is 6.39 Å². The second-order valence-electron chi connectivity index (χ2n) is 5.64. The van der Waals surface area contributed by atoms with Crippen molar-refractivity contribution in [3.63, 3.8) is 0 Å². The first-order chi connectivity index (χ1) is 11.3. The first-order valence-electron chi connectivity index (χ1n) is 7.45. The maximum atomic E-state index is 12.7. The zero-order chi connectivity index (χ0) is 15.6. The number of carbonyl (C=O) groups is 1. The smallest absolute Gasteiger partial charge is 0.254 e. The SMILES string of the molecule is O=C(c1ccsc1)N1C[C@H](c2ccccc2)[C@H](c2ncon2)C1. The van der Waals surface area contributed by atoms with E-state index in [2.05, 4.69) is 22.3 Å². The summed E-state index contributed by atoms with van der Waals surface area (Å²) in [6, 6.07) is 12.1. The molecule has 0 aliphatic carbocycles. The summed E-state index contributed by atoms with van der Waals surface area (Å²) in [7, 11) is 0. The lowest BCUT2D eigenvalue weighted by Crippen LogP contribution is -2.28. The van der Waals surface area contributed by atoms with Crippen molar-refractivity contribution >= 4 is 17.2 Å². The summed E-state index contributed by atoms with van der Waals surface area (Å²) < 4.78 is 4.92. The molecule has 116 valence electrons. The average Bonchev–Trinajstić information content (AvgIpc) is 3.35. The van der Waals surface area contributed by atoms with Crippen molar-refractivity contribution in [1.29, 1.82) is 0 Å². The van der Waals surface area contributed by atoms with Crippen LogP contribution in [0.25, 0.3) is 0 Å². The molecule has 1 aliphatic heterocycles. The zero-order valence-corrected chi connectivity index (χ0v) is 13.1. The predicted octanol–water partition coefficient (Wildman–Crippen LogP) is 3.15. The summed E-state index contributed by atoms with van der Waals surface area (Å²) in [4.78, 5) is 18.8. The summed E-state index contributed by atoms with van der Waals surface area (Å²) in [6.07, 6.45) is 1.35. The third-order valence-electron chi connectivity index (χ3n) is 4.31. The minimum Gasteiger partial charge on any atom is -0.343 e. The number of aromatic nitrogens is 2. The van der Waals surface area contributed by atoms with Crippen molar-refractivity contribution < 1.29 is 9.32 Å². The number of amides is 1. The van der Waals surface area contributed by atoms with Crippen molar-refractivity contribution in [2.24, 2.45) is 0 Å². The second-order valence-corrected chi connectivity index (χ2v) is 6.42. The second kappa shape index (κ2) is 5.96. The maximum absolute atomic E-state index is 12.7. The summed E-state index contributed by atoms with van der Waals surface area (Å²) in [5.41, 5.74) is 1.94. The molecule has 23 heavy (non-hydrogen) atoms. The molecule has 1 aromatic carbocycles. The Labute approximate surface area is 137 Å². The van der Waals surface area contributed by atoms with Crippen LogP contribution in [0.3, 0.4) is 0 Å². The lowest BCUT2D eigenvalue weighted by Gasteiger charge is -2.16. The molecule has 1 aliphatic rings. The molecule has 1 fully saturated rings. The molecule has 0 radical (unpaired) electrons. The molecule has 3 aromatic rings. The number of hydrogen-bond acceptors (Lipinski definition) is 5. The lowest BCUT2D eigenvalue weighted by molar-refractivity contribution is 0.0789. The fraction of sp³-hybridized carbons (Fsp3) is 0.235. The molecule has 3 heterocycles. The largest absolute Gasteiger partial charge is 0.343 e. The number of benzene rings is 1. The van der Waals surface area contributed by atoms with Gasteiger partial charge in [0.25, 0.3) is 5.91 Å². The van der Waals surface area contributed by atoms with Crippen LogP contribution >= 0.6 is 11.3 Å². The molecule has 0 bridgehead atoms. The van der Waals surface area contributed by atoms with Crippen LogP contribution < -0.4 is 0 Å². The average molecular weight is 325 g/mol. The number of likely N-dealkylation sites (tertiary alicyclic amines) is 1. The van der Waals surface area contributed by atoms with E-state index in [1.165, 1.54) is 23.3 Å². The van der Waals surface area contributed by atoms with Gasteiger partial charge in [0.1, 0.15) is 0 Å². The Morgan fingerprint density at radius 3 is 2.70 bits per heavy atom. The number of hydrogen-bond donors (Lipinski definition) is 0. The highest BCUT2D eigenvalue weighted by molar-refractivity contribution is 7.08. The van der Waals surface area contributed by atoms with Gasteiger partial charge in [-0.25, -0.2) is 0 Å². The molecule has 0 saturated carbocycles. The fourth-order valence-electron chi connectivity index (χ4n) is 3.18. The Hall–Kier alpha value is -2.47. The molecule has 4 rings (SSSR count). The Kier molecular flexibility index (Phi) is 3.67. The molecular formula is C17H15N3O2S. The van der Waals surface area contributed by atoms with E-state index >= 15 is 0 Å². The van der Waals surface area contributed by atoms with Gasteiger partial charge in [-0.2, -0.15) is 16.3 Å². The minimum atomic E-state index is 0.0544. The summed E-state index contributed by atoms with van der Waals surface area (Å²) in [5, 5.41) is 7.82. The van der Waals surface area contributed by atoms with E-state index in [0.717, 1.165) is 5.56 Å². The molecule has 0 unspecified atom stereocenters.